The second-order valence-electron chi connectivity index (χ2n) is 10.0. The van der Waals surface area contributed by atoms with Crippen molar-refractivity contribution in [3.05, 3.63) is 158 Å². The summed E-state index contributed by atoms with van der Waals surface area (Å²) in [5.74, 6) is 0.500. The van der Waals surface area contributed by atoms with E-state index in [0.717, 1.165) is 27.5 Å². The van der Waals surface area contributed by atoms with Gasteiger partial charge in [0.15, 0.2) is 0 Å². The third-order valence-electron chi connectivity index (χ3n) is 7.70. The highest BCUT2D eigenvalue weighted by Gasteiger charge is 2.18. The van der Waals surface area contributed by atoms with Gasteiger partial charge >= 0.3 is 0 Å². The number of rotatable bonds is 4. The molecule has 8 aromatic rings. The van der Waals surface area contributed by atoms with Crippen molar-refractivity contribution >= 4 is 32.6 Å². The minimum absolute atomic E-state index is 0.0762. The van der Waals surface area contributed by atoms with Crippen molar-refractivity contribution < 1.29 is 6.85 Å². The molecule has 2 heteroatoms. The Bertz CT molecular complexity index is 2380. The fourth-order valence-corrected chi connectivity index (χ4v) is 5.94. The summed E-state index contributed by atoms with van der Waals surface area (Å²) >= 11 is 0. The van der Waals surface area contributed by atoms with Crippen LogP contribution in [0.2, 0.25) is 0 Å². The van der Waals surface area contributed by atoms with Crippen LogP contribution < -0.4 is 0 Å². The maximum absolute atomic E-state index is 8.70. The molecule has 0 spiro atoms. The first-order valence-corrected chi connectivity index (χ1v) is 13.6. The molecule has 0 amide bonds. The van der Waals surface area contributed by atoms with Gasteiger partial charge in [0.25, 0.3) is 0 Å². The van der Waals surface area contributed by atoms with Gasteiger partial charge in [-0.05, 0) is 68.0 Å². The first kappa shape index (κ1) is 18.8. The molecule has 0 unspecified atom stereocenters. The molecule has 7 aromatic carbocycles. The molecule has 0 aliphatic carbocycles. The molecule has 0 fully saturated rings. The third-order valence-corrected chi connectivity index (χ3v) is 7.70. The molecular weight excluding hydrogens is 496 g/mol. The minimum Gasteiger partial charge on any atom is -0.292 e. The molecule has 0 saturated heterocycles. The number of aromatic nitrogens is 2. The summed E-state index contributed by atoms with van der Waals surface area (Å²) in [6, 6.07) is 41.4. The monoisotopic (exact) mass is 527 g/mol. The highest BCUT2D eigenvalue weighted by Crippen LogP contribution is 2.43. The maximum Gasteiger partial charge on any atom is 0.145 e. The summed E-state index contributed by atoms with van der Waals surface area (Å²) in [6.45, 7) is 0. The van der Waals surface area contributed by atoms with Crippen LogP contribution in [0, 0.1) is 0 Å². The third kappa shape index (κ3) is 3.84. The van der Waals surface area contributed by atoms with Gasteiger partial charge in [-0.1, -0.05) is 133 Å². The molecule has 1 heterocycles. The zero-order valence-electron chi connectivity index (χ0n) is 27.0. The van der Waals surface area contributed by atoms with Gasteiger partial charge in [-0.3, -0.25) is 4.57 Å². The molecule has 0 saturated carbocycles. The Balaban J connectivity index is 1.36. The second-order valence-corrected chi connectivity index (χ2v) is 10.0. The zero-order chi connectivity index (χ0) is 31.5. The fourth-order valence-electron chi connectivity index (χ4n) is 5.94. The van der Waals surface area contributed by atoms with Crippen LogP contribution in [0.5, 0.6) is 0 Å². The number of hydrogen-bond acceptors (Lipinski definition) is 1. The standard InChI is InChI=1S/C39H26N2/c1-3-13-27(14-4-1)37-31-17-7-9-19-33(31)38(34-20-10-8-18-32(34)37)28-23-25-29(26-24-28)39-40-35-21-11-12-22-36(35)41(39)30-15-5-2-6-16-30/h1-26H/i2D,5D,6D,15D,16D. The SMILES string of the molecule is [2H]c1c([2H])c([2H])c(-n2c(-c3ccc(-c4c5ccccc5c(-c5ccccc5)c5ccccc45)cc3)nc3ccccc32)c([2H])c1[2H]. The largest absolute Gasteiger partial charge is 0.292 e. The molecule has 0 bridgehead atoms. The fraction of sp³-hybridized carbons (Fsp3) is 0. The van der Waals surface area contributed by atoms with Crippen LogP contribution >= 0.6 is 0 Å². The summed E-state index contributed by atoms with van der Waals surface area (Å²) in [7, 11) is 0. The number of nitrogens with zero attached hydrogens (tertiary/aromatic N) is 2. The first-order chi connectivity index (χ1) is 22.4. The van der Waals surface area contributed by atoms with Gasteiger partial charge in [-0.25, -0.2) is 4.98 Å². The first-order valence-electron chi connectivity index (χ1n) is 16.1. The molecule has 0 N–H and O–H groups in total. The molecule has 1 aromatic heterocycles. The van der Waals surface area contributed by atoms with Crippen molar-refractivity contribution in [1.82, 2.24) is 9.55 Å². The lowest BCUT2D eigenvalue weighted by Crippen LogP contribution is -1.97. The van der Waals surface area contributed by atoms with Crippen molar-refractivity contribution in [2.75, 3.05) is 0 Å². The van der Waals surface area contributed by atoms with Crippen LogP contribution in [-0.4, -0.2) is 9.55 Å². The normalized spacial score (nSPS) is 13.1. The van der Waals surface area contributed by atoms with E-state index in [-0.39, 0.29) is 29.9 Å². The van der Waals surface area contributed by atoms with E-state index in [0.29, 0.717) is 16.9 Å². The zero-order valence-corrected chi connectivity index (χ0v) is 22.0. The van der Waals surface area contributed by atoms with E-state index in [1.165, 1.54) is 21.9 Å². The number of fused-ring (bicyclic) bond motifs is 3. The Morgan fingerprint density at radius 1 is 0.463 bits per heavy atom. The molecule has 0 aliphatic heterocycles. The summed E-state index contributed by atoms with van der Waals surface area (Å²) in [4.78, 5) is 4.90. The average molecular weight is 528 g/mol. The second kappa shape index (κ2) is 9.62. The summed E-state index contributed by atoms with van der Waals surface area (Å²) in [5, 5.41) is 4.65. The lowest BCUT2D eigenvalue weighted by molar-refractivity contribution is 1.10. The Morgan fingerprint density at radius 2 is 0.951 bits per heavy atom. The van der Waals surface area contributed by atoms with Gasteiger partial charge in [0, 0.05) is 11.3 Å². The highest BCUT2D eigenvalue weighted by molar-refractivity contribution is 6.21. The van der Waals surface area contributed by atoms with Crippen molar-refractivity contribution in [1.29, 1.82) is 0 Å². The lowest BCUT2D eigenvalue weighted by Gasteiger charge is -2.18. The maximum atomic E-state index is 8.70. The van der Waals surface area contributed by atoms with Crippen LogP contribution in [0.25, 0.3) is 71.9 Å². The van der Waals surface area contributed by atoms with Crippen LogP contribution in [0.15, 0.2) is 158 Å². The molecule has 8 rings (SSSR count). The van der Waals surface area contributed by atoms with Gasteiger partial charge in [0.2, 0.25) is 0 Å². The predicted octanol–water partition coefficient (Wildman–Crippen LogP) is 10.3. The molecule has 0 aliphatic rings. The van der Waals surface area contributed by atoms with E-state index >= 15 is 0 Å². The molecule has 0 atom stereocenters. The van der Waals surface area contributed by atoms with Crippen LogP contribution in [0.4, 0.5) is 0 Å². The van der Waals surface area contributed by atoms with Gasteiger partial charge in [-0.15, -0.1) is 0 Å². The van der Waals surface area contributed by atoms with E-state index in [1.54, 1.807) is 4.57 Å². The predicted molar refractivity (Wildman–Crippen MR) is 172 cm³/mol. The number of hydrogen-bond donors (Lipinski definition) is 0. The van der Waals surface area contributed by atoms with Crippen molar-refractivity contribution in [3.8, 4) is 39.3 Å². The topological polar surface area (TPSA) is 17.8 Å². The van der Waals surface area contributed by atoms with E-state index < -0.39 is 6.04 Å². The number of imidazole rings is 1. The average Bonchev–Trinajstić information content (AvgIpc) is 3.48. The molecular formula is C39H26N2. The lowest BCUT2D eigenvalue weighted by atomic mass is 9.86. The Morgan fingerprint density at radius 3 is 1.56 bits per heavy atom. The Kier molecular flexibility index (Phi) is 4.40. The summed E-state index contributed by atoms with van der Waals surface area (Å²) in [6.07, 6.45) is 0. The van der Waals surface area contributed by atoms with E-state index in [2.05, 4.69) is 84.9 Å². The van der Waals surface area contributed by atoms with Crippen LogP contribution in [0.1, 0.15) is 6.85 Å². The summed E-state index contributed by atoms with van der Waals surface area (Å²) in [5.41, 5.74) is 6.73. The van der Waals surface area contributed by atoms with Gasteiger partial charge in [0.05, 0.1) is 17.9 Å². The Hall–Kier alpha value is -5.47. The molecule has 41 heavy (non-hydrogen) atoms. The molecule has 2 nitrogen and oxygen atoms in total. The highest BCUT2D eigenvalue weighted by atomic mass is 15.1. The summed E-state index contributed by atoms with van der Waals surface area (Å²) < 4.78 is 43.8. The Labute approximate surface area is 245 Å². The number of para-hydroxylation sites is 3. The van der Waals surface area contributed by atoms with Crippen LogP contribution in [0.3, 0.4) is 0 Å². The van der Waals surface area contributed by atoms with E-state index in [4.69, 9.17) is 11.8 Å². The van der Waals surface area contributed by atoms with Gasteiger partial charge in [0.1, 0.15) is 5.82 Å². The smallest absolute Gasteiger partial charge is 0.145 e. The minimum atomic E-state index is -0.424. The van der Waals surface area contributed by atoms with Crippen molar-refractivity contribution in [3.63, 3.8) is 0 Å². The van der Waals surface area contributed by atoms with E-state index in [1.807, 2.05) is 42.5 Å². The van der Waals surface area contributed by atoms with Crippen molar-refractivity contribution in [2.45, 2.75) is 0 Å². The molecule has 192 valence electrons. The van der Waals surface area contributed by atoms with Gasteiger partial charge in [-0.2, -0.15) is 0 Å². The quantitative estimate of drug-likeness (QED) is 0.208. The van der Waals surface area contributed by atoms with Gasteiger partial charge < -0.3 is 0 Å². The number of benzene rings is 7. The van der Waals surface area contributed by atoms with E-state index in [9.17, 15) is 0 Å². The molecule has 0 radical (unpaired) electrons. The van der Waals surface area contributed by atoms with Crippen LogP contribution in [-0.2, 0) is 0 Å². The van der Waals surface area contributed by atoms with Crippen molar-refractivity contribution in [2.24, 2.45) is 0 Å².